The minimum Gasteiger partial charge on any atom is -0.382 e. The van der Waals surface area contributed by atoms with Crippen LogP contribution >= 0.6 is 9.24 Å². The average Bonchev–Trinajstić information content (AvgIpc) is 3.37. The number of carbonyl (C=O) groups excluding carboxylic acids is 2. The lowest BCUT2D eigenvalue weighted by Crippen LogP contribution is -2.36. The molecule has 0 aliphatic heterocycles. The SMILES string of the molecule is C#C.C=Nc1cc(C#Cc2ccc3nc(CN(CC(C)C)C(C)=O)[nH]c3c2)ccc1NCCN(CCC)C(=O)CP. The van der Waals surface area contributed by atoms with E-state index in [2.05, 4.69) is 81.7 Å². The number of H-pyrrole nitrogens is 1. The van der Waals surface area contributed by atoms with E-state index in [1.165, 1.54) is 0 Å². The van der Waals surface area contributed by atoms with E-state index in [-0.39, 0.29) is 11.8 Å². The van der Waals surface area contributed by atoms with Crippen molar-refractivity contribution >= 4 is 50.2 Å². The Hall–Kier alpha value is -4.13. The maximum absolute atomic E-state index is 12.1. The molecule has 0 bridgehead atoms. The first kappa shape index (κ1) is 33.1. The Labute approximate surface area is 246 Å². The Morgan fingerprint density at radius 2 is 1.80 bits per heavy atom. The van der Waals surface area contributed by atoms with Gasteiger partial charge in [-0.05, 0) is 55.5 Å². The van der Waals surface area contributed by atoms with Gasteiger partial charge < -0.3 is 20.1 Å². The van der Waals surface area contributed by atoms with Gasteiger partial charge in [0, 0.05) is 50.4 Å². The molecule has 216 valence electrons. The van der Waals surface area contributed by atoms with Crippen LogP contribution in [-0.2, 0) is 16.1 Å². The summed E-state index contributed by atoms with van der Waals surface area (Å²) in [6, 6.07) is 11.6. The van der Waals surface area contributed by atoms with Crippen LogP contribution in [0.25, 0.3) is 11.0 Å². The molecule has 0 aliphatic rings. The van der Waals surface area contributed by atoms with Crippen molar-refractivity contribution in [3.8, 4) is 24.7 Å². The number of amides is 2. The molecule has 41 heavy (non-hydrogen) atoms. The predicted octanol–water partition coefficient (Wildman–Crippen LogP) is 5.07. The fraction of sp³-hybridized carbons (Fsp3) is 0.375. The molecular weight excluding hydrogens is 531 g/mol. The van der Waals surface area contributed by atoms with Gasteiger partial charge in [0.2, 0.25) is 11.8 Å². The largest absolute Gasteiger partial charge is 0.382 e. The molecule has 0 fully saturated rings. The van der Waals surface area contributed by atoms with Crippen LogP contribution in [0.4, 0.5) is 11.4 Å². The lowest BCUT2D eigenvalue weighted by atomic mass is 10.1. The summed E-state index contributed by atoms with van der Waals surface area (Å²) in [6.07, 6.45) is 9.35. The highest BCUT2D eigenvalue weighted by Gasteiger charge is 2.14. The molecule has 1 aromatic heterocycles. The number of benzene rings is 2. The normalized spacial score (nSPS) is 10.2. The van der Waals surface area contributed by atoms with Crippen molar-refractivity contribution in [3.63, 3.8) is 0 Å². The van der Waals surface area contributed by atoms with Crippen molar-refractivity contribution in [2.45, 2.75) is 40.7 Å². The van der Waals surface area contributed by atoms with Gasteiger partial charge in [-0.3, -0.25) is 14.6 Å². The Balaban J connectivity index is 0.00000287. The number of aromatic amines is 1. The molecule has 2 N–H and O–H groups in total. The summed E-state index contributed by atoms with van der Waals surface area (Å²) in [4.78, 5) is 39.9. The molecule has 2 aromatic carbocycles. The number of hydrogen-bond acceptors (Lipinski definition) is 5. The number of hydrogen-bond donors (Lipinski definition) is 2. The number of nitrogens with zero attached hydrogens (tertiary/aromatic N) is 4. The predicted molar refractivity (Wildman–Crippen MR) is 173 cm³/mol. The molecule has 0 spiro atoms. The zero-order valence-electron chi connectivity index (χ0n) is 24.5. The number of nitrogens with one attached hydrogen (secondary N) is 2. The second-order valence-corrected chi connectivity index (χ2v) is 10.3. The van der Waals surface area contributed by atoms with Gasteiger partial charge in [-0.15, -0.1) is 22.1 Å². The third kappa shape index (κ3) is 10.1. The van der Waals surface area contributed by atoms with Crippen LogP contribution in [0.15, 0.2) is 41.4 Å². The second kappa shape index (κ2) is 16.9. The van der Waals surface area contributed by atoms with Crippen molar-refractivity contribution in [2.24, 2.45) is 10.9 Å². The van der Waals surface area contributed by atoms with E-state index in [9.17, 15) is 9.59 Å². The van der Waals surface area contributed by atoms with Crippen LogP contribution in [0.1, 0.15) is 51.1 Å². The topological polar surface area (TPSA) is 93.7 Å². The molecule has 3 aromatic rings. The van der Waals surface area contributed by atoms with Gasteiger partial charge in [-0.2, -0.15) is 0 Å². The van der Waals surface area contributed by atoms with Crippen molar-refractivity contribution in [2.75, 3.05) is 37.7 Å². The van der Waals surface area contributed by atoms with E-state index in [1.54, 1.807) is 11.8 Å². The van der Waals surface area contributed by atoms with Gasteiger partial charge in [-0.1, -0.05) is 32.6 Å². The summed E-state index contributed by atoms with van der Waals surface area (Å²) in [7, 11) is 2.49. The molecule has 1 unspecified atom stereocenters. The second-order valence-electron chi connectivity index (χ2n) is 9.86. The summed E-state index contributed by atoms with van der Waals surface area (Å²) in [5.41, 5.74) is 4.97. The van der Waals surface area contributed by atoms with Crippen LogP contribution < -0.4 is 5.32 Å². The molecule has 3 rings (SSSR count). The van der Waals surface area contributed by atoms with Gasteiger partial charge in [0.15, 0.2) is 0 Å². The van der Waals surface area contributed by atoms with E-state index >= 15 is 0 Å². The smallest absolute Gasteiger partial charge is 0.226 e. The summed E-state index contributed by atoms with van der Waals surface area (Å²) in [6.45, 7) is 14.7. The zero-order chi connectivity index (χ0) is 30.4. The standard InChI is InChI=1S/C30H39N6O2P.C2H2/c1-6-14-35(30(38)20-39)15-13-32-25-11-9-23(16-27(25)31-5)7-8-24-10-12-26-28(17-24)34-29(33-26)19-36(22(4)37)18-21(2)3;1-2/h9-12,16-17,21,32H,5-6,13-15,18-20,39H2,1-4H3,(H,33,34);1-2H. The quantitative estimate of drug-likeness (QED) is 0.180. The highest BCUT2D eigenvalue weighted by Crippen LogP contribution is 2.25. The fourth-order valence-corrected chi connectivity index (χ4v) is 4.52. The van der Waals surface area contributed by atoms with E-state index in [0.717, 1.165) is 46.6 Å². The Kier molecular flexibility index (Phi) is 13.6. The Morgan fingerprint density at radius 3 is 2.41 bits per heavy atom. The number of imidazole rings is 1. The number of aromatic nitrogens is 2. The number of rotatable bonds is 12. The van der Waals surface area contributed by atoms with Gasteiger partial charge in [-0.25, -0.2) is 4.98 Å². The van der Waals surface area contributed by atoms with Crippen LogP contribution in [0.2, 0.25) is 0 Å². The fourth-order valence-electron chi connectivity index (χ4n) is 4.26. The van der Waals surface area contributed by atoms with Crippen LogP contribution in [0.5, 0.6) is 0 Å². The summed E-state index contributed by atoms with van der Waals surface area (Å²) in [5, 5.41) is 3.37. The first-order chi connectivity index (χ1) is 19.7. The third-order valence-corrected chi connectivity index (χ3v) is 6.49. The highest BCUT2D eigenvalue weighted by atomic mass is 31.0. The first-order valence-electron chi connectivity index (χ1n) is 13.7. The first-order valence-corrected chi connectivity index (χ1v) is 14.5. The average molecular weight is 573 g/mol. The molecule has 0 radical (unpaired) electrons. The molecule has 0 saturated carbocycles. The van der Waals surface area contributed by atoms with Crippen LogP contribution in [-0.4, -0.2) is 70.6 Å². The third-order valence-electron chi connectivity index (χ3n) is 6.14. The van der Waals surface area contributed by atoms with Gasteiger partial charge in [0.05, 0.1) is 29.0 Å². The molecular formula is C32H41N6O2P. The lowest BCUT2D eigenvalue weighted by Gasteiger charge is -2.22. The van der Waals surface area contributed by atoms with E-state index in [1.807, 2.05) is 41.3 Å². The molecule has 9 heteroatoms. The molecule has 0 saturated heterocycles. The number of aliphatic imine (C=N–C) groups is 1. The highest BCUT2D eigenvalue weighted by molar-refractivity contribution is 7.18. The van der Waals surface area contributed by atoms with E-state index in [0.29, 0.717) is 43.9 Å². The summed E-state index contributed by atoms with van der Waals surface area (Å²) in [5.74, 6) is 7.73. The molecule has 2 amide bonds. The van der Waals surface area contributed by atoms with E-state index in [4.69, 9.17) is 0 Å². The number of carbonyl (C=O) groups is 2. The number of anilines is 1. The van der Waals surface area contributed by atoms with Gasteiger partial charge in [0.1, 0.15) is 5.82 Å². The lowest BCUT2D eigenvalue weighted by molar-refractivity contribution is -0.130. The van der Waals surface area contributed by atoms with E-state index < -0.39 is 0 Å². The Morgan fingerprint density at radius 1 is 1.12 bits per heavy atom. The summed E-state index contributed by atoms with van der Waals surface area (Å²) >= 11 is 0. The van der Waals surface area contributed by atoms with Crippen molar-refractivity contribution in [3.05, 3.63) is 53.3 Å². The molecule has 1 heterocycles. The van der Waals surface area contributed by atoms with Crippen LogP contribution in [0, 0.1) is 30.6 Å². The van der Waals surface area contributed by atoms with Gasteiger partial charge >= 0.3 is 0 Å². The minimum absolute atomic E-state index is 0.0366. The van der Waals surface area contributed by atoms with Crippen molar-refractivity contribution < 1.29 is 9.59 Å². The van der Waals surface area contributed by atoms with Crippen molar-refractivity contribution in [1.29, 1.82) is 0 Å². The maximum atomic E-state index is 12.1. The maximum Gasteiger partial charge on any atom is 0.226 e. The summed E-state index contributed by atoms with van der Waals surface area (Å²) < 4.78 is 0. The number of terminal acetylenes is 1. The van der Waals surface area contributed by atoms with Crippen LogP contribution in [0.3, 0.4) is 0 Å². The molecule has 1 atom stereocenters. The number of fused-ring (bicyclic) bond motifs is 1. The Bertz CT molecular complexity index is 1420. The molecule has 0 aliphatic carbocycles. The monoisotopic (exact) mass is 572 g/mol. The van der Waals surface area contributed by atoms with Gasteiger partial charge in [0.25, 0.3) is 0 Å². The molecule has 8 nitrogen and oxygen atoms in total. The minimum atomic E-state index is 0.0366. The van der Waals surface area contributed by atoms with Crippen molar-refractivity contribution in [1.82, 2.24) is 19.8 Å². The zero-order valence-corrected chi connectivity index (χ0v) is 25.7.